The lowest BCUT2D eigenvalue weighted by molar-refractivity contribution is 0.0224. The maximum absolute atomic E-state index is 11.4. The number of carbonyl (C=O) groups excluding carboxylic acids is 1. The molecule has 15 heavy (non-hydrogen) atoms. The van der Waals surface area contributed by atoms with Gasteiger partial charge in [-0.1, -0.05) is 0 Å². The molecule has 1 aromatic carbocycles. The van der Waals surface area contributed by atoms with E-state index in [0.29, 0.717) is 13.0 Å². The average Bonchev–Trinajstić information content (AvgIpc) is 2.61. The molecule has 80 valence electrons. The fourth-order valence-corrected chi connectivity index (χ4v) is 1.71. The number of ketones is 1. The second-order valence-electron chi connectivity index (χ2n) is 3.50. The van der Waals surface area contributed by atoms with Gasteiger partial charge < -0.3 is 9.47 Å². The van der Waals surface area contributed by atoms with Crippen LogP contribution >= 0.6 is 0 Å². The SMILES string of the molecule is CCOCOc1ccc2c(c1)CCC2=O. The van der Waals surface area contributed by atoms with E-state index in [1.165, 1.54) is 0 Å². The zero-order valence-electron chi connectivity index (χ0n) is 8.79. The van der Waals surface area contributed by atoms with Crippen molar-refractivity contribution >= 4 is 5.78 Å². The fourth-order valence-electron chi connectivity index (χ4n) is 1.71. The standard InChI is InChI=1S/C12H14O3/c1-2-14-8-15-10-4-5-11-9(7-10)3-6-12(11)13/h4-5,7H,2-3,6,8H2,1H3. The summed E-state index contributed by atoms with van der Waals surface area (Å²) in [6.07, 6.45) is 1.46. The molecule has 0 amide bonds. The number of carbonyl (C=O) groups is 1. The van der Waals surface area contributed by atoms with Gasteiger partial charge in [-0.15, -0.1) is 0 Å². The van der Waals surface area contributed by atoms with Gasteiger partial charge in [-0.3, -0.25) is 4.79 Å². The Labute approximate surface area is 89.0 Å². The van der Waals surface area contributed by atoms with Gasteiger partial charge in [-0.2, -0.15) is 0 Å². The van der Waals surface area contributed by atoms with E-state index < -0.39 is 0 Å². The van der Waals surface area contributed by atoms with Crippen molar-refractivity contribution in [1.29, 1.82) is 0 Å². The van der Waals surface area contributed by atoms with Crippen LogP contribution in [0, 0.1) is 0 Å². The molecule has 0 radical (unpaired) electrons. The summed E-state index contributed by atoms with van der Waals surface area (Å²) < 4.78 is 10.5. The minimum absolute atomic E-state index is 0.237. The van der Waals surface area contributed by atoms with Crippen LogP contribution in [0.4, 0.5) is 0 Å². The highest BCUT2D eigenvalue weighted by molar-refractivity contribution is 6.00. The lowest BCUT2D eigenvalue weighted by Gasteiger charge is -2.07. The third-order valence-electron chi connectivity index (χ3n) is 2.51. The number of benzene rings is 1. The molecule has 1 aliphatic rings. The molecule has 0 atom stereocenters. The Kier molecular flexibility index (Phi) is 3.02. The molecule has 0 N–H and O–H groups in total. The highest BCUT2D eigenvalue weighted by Gasteiger charge is 2.19. The molecular formula is C12H14O3. The van der Waals surface area contributed by atoms with E-state index in [1.807, 2.05) is 25.1 Å². The second-order valence-corrected chi connectivity index (χ2v) is 3.50. The van der Waals surface area contributed by atoms with Crippen LogP contribution in [0.5, 0.6) is 5.75 Å². The van der Waals surface area contributed by atoms with Crippen LogP contribution in [0.2, 0.25) is 0 Å². The Morgan fingerprint density at radius 1 is 1.33 bits per heavy atom. The lowest BCUT2D eigenvalue weighted by Crippen LogP contribution is -2.02. The Bertz CT molecular complexity index is 371. The van der Waals surface area contributed by atoms with Gasteiger partial charge in [-0.25, -0.2) is 0 Å². The summed E-state index contributed by atoms with van der Waals surface area (Å²) in [5.41, 5.74) is 1.94. The van der Waals surface area contributed by atoms with E-state index in [4.69, 9.17) is 9.47 Å². The van der Waals surface area contributed by atoms with Gasteiger partial charge in [0.2, 0.25) is 0 Å². The van der Waals surface area contributed by atoms with Crippen molar-refractivity contribution in [1.82, 2.24) is 0 Å². The van der Waals surface area contributed by atoms with E-state index in [0.717, 1.165) is 23.3 Å². The molecule has 3 nitrogen and oxygen atoms in total. The summed E-state index contributed by atoms with van der Waals surface area (Å²) >= 11 is 0. The van der Waals surface area contributed by atoms with Crippen molar-refractivity contribution in [3.8, 4) is 5.75 Å². The molecule has 1 aliphatic carbocycles. The maximum Gasteiger partial charge on any atom is 0.189 e. The highest BCUT2D eigenvalue weighted by Crippen LogP contribution is 2.25. The van der Waals surface area contributed by atoms with Gasteiger partial charge in [-0.05, 0) is 37.1 Å². The number of hydrogen-bond acceptors (Lipinski definition) is 3. The molecule has 0 spiro atoms. The number of Topliss-reactive ketones (excluding diaryl/α,β-unsaturated/α-hetero) is 1. The molecule has 0 aliphatic heterocycles. The first-order valence-corrected chi connectivity index (χ1v) is 5.18. The topological polar surface area (TPSA) is 35.5 Å². The van der Waals surface area contributed by atoms with Crippen LogP contribution in [0.25, 0.3) is 0 Å². The lowest BCUT2D eigenvalue weighted by atomic mass is 10.1. The van der Waals surface area contributed by atoms with Crippen LogP contribution < -0.4 is 4.74 Å². The highest BCUT2D eigenvalue weighted by atomic mass is 16.7. The smallest absolute Gasteiger partial charge is 0.189 e. The van der Waals surface area contributed by atoms with E-state index in [2.05, 4.69) is 0 Å². The van der Waals surface area contributed by atoms with Crippen molar-refractivity contribution in [2.24, 2.45) is 0 Å². The molecule has 0 unspecified atom stereocenters. The van der Waals surface area contributed by atoms with Crippen molar-refractivity contribution in [2.45, 2.75) is 19.8 Å². The van der Waals surface area contributed by atoms with E-state index in [-0.39, 0.29) is 12.6 Å². The first-order chi connectivity index (χ1) is 7.31. The first kappa shape index (κ1) is 10.2. The number of hydrogen-bond donors (Lipinski definition) is 0. The van der Waals surface area contributed by atoms with Crippen molar-refractivity contribution < 1.29 is 14.3 Å². The molecule has 0 saturated heterocycles. The maximum atomic E-state index is 11.4. The minimum atomic E-state index is 0.237. The summed E-state index contributed by atoms with van der Waals surface area (Å²) in [6, 6.07) is 5.59. The molecule has 0 fully saturated rings. The number of ether oxygens (including phenoxy) is 2. The number of fused-ring (bicyclic) bond motifs is 1. The molecule has 3 heteroatoms. The van der Waals surface area contributed by atoms with E-state index >= 15 is 0 Å². The Hall–Kier alpha value is -1.35. The number of rotatable bonds is 4. The predicted molar refractivity (Wildman–Crippen MR) is 56.2 cm³/mol. The first-order valence-electron chi connectivity index (χ1n) is 5.18. The van der Waals surface area contributed by atoms with E-state index in [1.54, 1.807) is 0 Å². The zero-order valence-corrected chi connectivity index (χ0v) is 8.79. The normalized spacial score (nSPS) is 14.1. The summed E-state index contributed by atoms with van der Waals surface area (Å²) in [4.78, 5) is 11.4. The molecule has 0 bridgehead atoms. The van der Waals surface area contributed by atoms with Crippen molar-refractivity contribution in [2.75, 3.05) is 13.4 Å². The van der Waals surface area contributed by atoms with Crippen LogP contribution in [0.3, 0.4) is 0 Å². The van der Waals surface area contributed by atoms with Gasteiger partial charge in [0.1, 0.15) is 5.75 Å². The quantitative estimate of drug-likeness (QED) is 0.559. The second kappa shape index (κ2) is 4.45. The minimum Gasteiger partial charge on any atom is -0.468 e. The van der Waals surface area contributed by atoms with Gasteiger partial charge >= 0.3 is 0 Å². The third kappa shape index (κ3) is 2.18. The molecular weight excluding hydrogens is 192 g/mol. The molecule has 2 rings (SSSR count). The monoisotopic (exact) mass is 206 g/mol. The van der Waals surface area contributed by atoms with Gasteiger partial charge in [0.15, 0.2) is 12.6 Å². The molecule has 1 aromatic rings. The van der Waals surface area contributed by atoms with Crippen LogP contribution in [-0.2, 0) is 11.2 Å². The Morgan fingerprint density at radius 2 is 2.20 bits per heavy atom. The summed E-state index contributed by atoms with van der Waals surface area (Å²) in [5.74, 6) is 1.01. The number of aryl methyl sites for hydroxylation is 1. The van der Waals surface area contributed by atoms with Gasteiger partial charge in [0, 0.05) is 18.6 Å². The van der Waals surface area contributed by atoms with Crippen LogP contribution in [-0.4, -0.2) is 19.2 Å². The Balaban J connectivity index is 2.06. The fraction of sp³-hybridized carbons (Fsp3) is 0.417. The van der Waals surface area contributed by atoms with Crippen LogP contribution in [0.15, 0.2) is 18.2 Å². The van der Waals surface area contributed by atoms with Crippen molar-refractivity contribution in [3.63, 3.8) is 0 Å². The molecule has 0 aromatic heterocycles. The summed E-state index contributed by atoms with van der Waals surface area (Å²) in [7, 11) is 0. The molecule has 0 heterocycles. The summed E-state index contributed by atoms with van der Waals surface area (Å²) in [6.45, 7) is 2.83. The Morgan fingerprint density at radius 3 is 3.00 bits per heavy atom. The van der Waals surface area contributed by atoms with Crippen LogP contribution in [0.1, 0.15) is 29.3 Å². The predicted octanol–water partition coefficient (Wildman–Crippen LogP) is 2.19. The summed E-state index contributed by atoms with van der Waals surface area (Å²) in [5, 5.41) is 0. The zero-order chi connectivity index (χ0) is 10.7. The van der Waals surface area contributed by atoms with Gasteiger partial charge in [0.25, 0.3) is 0 Å². The third-order valence-corrected chi connectivity index (χ3v) is 2.51. The van der Waals surface area contributed by atoms with Crippen molar-refractivity contribution in [3.05, 3.63) is 29.3 Å². The largest absolute Gasteiger partial charge is 0.468 e. The molecule has 0 saturated carbocycles. The van der Waals surface area contributed by atoms with E-state index in [9.17, 15) is 4.79 Å². The average molecular weight is 206 g/mol. The van der Waals surface area contributed by atoms with Gasteiger partial charge in [0.05, 0.1) is 0 Å².